The van der Waals surface area contributed by atoms with E-state index in [4.69, 9.17) is 0 Å². The van der Waals surface area contributed by atoms with Crippen molar-refractivity contribution in [3.05, 3.63) is 53.1 Å². The van der Waals surface area contributed by atoms with Crippen molar-refractivity contribution in [2.24, 2.45) is 0 Å². The van der Waals surface area contributed by atoms with Crippen molar-refractivity contribution < 1.29 is 4.79 Å². The first-order chi connectivity index (χ1) is 9.75. The third kappa shape index (κ3) is 1.60. The van der Waals surface area contributed by atoms with E-state index < -0.39 is 0 Å². The number of amides is 1. The van der Waals surface area contributed by atoms with Crippen LogP contribution in [-0.4, -0.2) is 11.9 Å². The van der Waals surface area contributed by atoms with E-state index in [-0.39, 0.29) is 11.9 Å². The second-order valence-electron chi connectivity index (χ2n) is 6.06. The number of anilines is 1. The van der Waals surface area contributed by atoms with Gasteiger partial charge in [-0.05, 0) is 48.5 Å². The molecule has 0 radical (unpaired) electrons. The van der Waals surface area contributed by atoms with Crippen molar-refractivity contribution in [3.8, 4) is 0 Å². The zero-order valence-corrected chi connectivity index (χ0v) is 11.8. The molecule has 2 heteroatoms. The first kappa shape index (κ1) is 12.0. The molecule has 0 saturated heterocycles. The predicted octanol–water partition coefficient (Wildman–Crippen LogP) is 3.95. The van der Waals surface area contributed by atoms with Gasteiger partial charge >= 0.3 is 0 Å². The summed E-state index contributed by atoms with van der Waals surface area (Å²) in [6, 6.07) is 8.56. The highest BCUT2D eigenvalue weighted by molar-refractivity contribution is 5.96. The van der Waals surface area contributed by atoms with Gasteiger partial charge < -0.3 is 4.90 Å². The van der Waals surface area contributed by atoms with Crippen LogP contribution < -0.4 is 4.90 Å². The first-order valence-electron chi connectivity index (χ1n) is 7.56. The number of hydrogen-bond donors (Lipinski definition) is 0. The lowest BCUT2D eigenvalue weighted by Crippen LogP contribution is -2.37. The molecule has 20 heavy (non-hydrogen) atoms. The largest absolute Gasteiger partial charge is 0.305 e. The Hall–Kier alpha value is -1.83. The smallest absolute Gasteiger partial charge is 0.224 e. The lowest BCUT2D eigenvalue weighted by molar-refractivity contribution is -0.116. The molecule has 1 aliphatic heterocycles. The molecule has 1 heterocycles. The minimum Gasteiger partial charge on any atom is -0.305 e. The van der Waals surface area contributed by atoms with Crippen molar-refractivity contribution in [3.63, 3.8) is 0 Å². The molecule has 1 saturated carbocycles. The molecule has 1 aromatic carbocycles. The van der Waals surface area contributed by atoms with E-state index in [0.29, 0.717) is 5.92 Å². The molecular formula is C18H19NO. The van der Waals surface area contributed by atoms with Crippen LogP contribution in [0.15, 0.2) is 47.6 Å². The Morgan fingerprint density at radius 1 is 1.10 bits per heavy atom. The number of carbonyl (C=O) groups is 1. The fourth-order valence-electron chi connectivity index (χ4n) is 4.00. The lowest BCUT2D eigenvalue weighted by atomic mass is 9.79. The second kappa shape index (κ2) is 4.34. The summed E-state index contributed by atoms with van der Waals surface area (Å²) in [5.74, 6) is 0.501. The number of nitrogens with zero attached hydrogens (tertiary/aromatic N) is 1. The Morgan fingerprint density at radius 3 is 2.55 bits per heavy atom. The maximum Gasteiger partial charge on any atom is 0.224 e. The molecule has 2 nitrogen and oxygen atoms in total. The highest BCUT2D eigenvalue weighted by Gasteiger charge is 2.40. The van der Waals surface area contributed by atoms with Crippen molar-refractivity contribution >= 4 is 11.6 Å². The fraction of sp³-hybridized carbons (Fsp3) is 0.389. The van der Waals surface area contributed by atoms with Crippen LogP contribution in [0.3, 0.4) is 0 Å². The van der Waals surface area contributed by atoms with Crippen LogP contribution in [0, 0.1) is 0 Å². The van der Waals surface area contributed by atoms with Gasteiger partial charge in [-0.3, -0.25) is 4.79 Å². The van der Waals surface area contributed by atoms with E-state index in [1.54, 1.807) is 6.92 Å². The topological polar surface area (TPSA) is 20.3 Å². The quantitative estimate of drug-likeness (QED) is 0.695. The summed E-state index contributed by atoms with van der Waals surface area (Å²) in [4.78, 5) is 14.1. The Balaban J connectivity index is 1.85. The number of carbonyl (C=O) groups excluding carboxylic acids is 1. The molecular weight excluding hydrogens is 246 g/mol. The van der Waals surface area contributed by atoms with Gasteiger partial charge in [0.1, 0.15) is 0 Å². The molecule has 1 amide bonds. The Morgan fingerprint density at radius 2 is 1.80 bits per heavy atom. The zero-order valence-electron chi connectivity index (χ0n) is 11.8. The highest BCUT2D eigenvalue weighted by Crippen LogP contribution is 2.47. The molecule has 2 atom stereocenters. The number of fused-ring (bicyclic) bond motifs is 4. The summed E-state index contributed by atoms with van der Waals surface area (Å²) < 4.78 is 0. The summed E-state index contributed by atoms with van der Waals surface area (Å²) in [5, 5.41) is 0. The van der Waals surface area contributed by atoms with Crippen LogP contribution in [0.25, 0.3) is 0 Å². The van der Waals surface area contributed by atoms with Gasteiger partial charge in [-0.25, -0.2) is 0 Å². The molecule has 0 spiro atoms. The summed E-state index contributed by atoms with van der Waals surface area (Å²) in [6.07, 6.45) is 9.77. The van der Waals surface area contributed by atoms with Gasteiger partial charge in [0, 0.05) is 18.5 Å². The number of para-hydroxylation sites is 1. The number of rotatable bonds is 0. The van der Waals surface area contributed by atoms with E-state index in [0.717, 1.165) is 5.69 Å². The van der Waals surface area contributed by atoms with Gasteiger partial charge in [-0.15, -0.1) is 0 Å². The lowest BCUT2D eigenvalue weighted by Gasteiger charge is -2.31. The predicted molar refractivity (Wildman–Crippen MR) is 80.8 cm³/mol. The van der Waals surface area contributed by atoms with E-state index in [9.17, 15) is 4.79 Å². The third-order valence-electron chi connectivity index (χ3n) is 4.87. The van der Waals surface area contributed by atoms with E-state index in [2.05, 4.69) is 30.4 Å². The SMILES string of the molecule is CC(=O)N1c2ccccc2[C@@H]2C=C3CCCCC3=CC21. The Bertz CT molecular complexity index is 641. The zero-order chi connectivity index (χ0) is 13.7. The van der Waals surface area contributed by atoms with Gasteiger partial charge in [-0.1, -0.05) is 30.4 Å². The average Bonchev–Trinajstić information content (AvgIpc) is 2.78. The average molecular weight is 265 g/mol. The summed E-state index contributed by atoms with van der Waals surface area (Å²) in [7, 11) is 0. The van der Waals surface area contributed by atoms with Crippen molar-refractivity contribution in [2.75, 3.05) is 4.90 Å². The minimum absolute atomic E-state index is 0.148. The van der Waals surface area contributed by atoms with E-state index in [1.807, 2.05) is 11.0 Å². The molecule has 0 bridgehead atoms. The van der Waals surface area contributed by atoms with Crippen LogP contribution in [-0.2, 0) is 4.79 Å². The normalized spacial score (nSPS) is 27.1. The third-order valence-corrected chi connectivity index (χ3v) is 4.87. The molecule has 102 valence electrons. The molecule has 3 aliphatic rings. The number of benzene rings is 1. The summed E-state index contributed by atoms with van der Waals surface area (Å²) in [5.41, 5.74) is 5.41. The monoisotopic (exact) mass is 265 g/mol. The second-order valence-corrected chi connectivity index (χ2v) is 6.06. The van der Waals surface area contributed by atoms with Gasteiger partial charge in [0.15, 0.2) is 0 Å². The highest BCUT2D eigenvalue weighted by atomic mass is 16.2. The van der Waals surface area contributed by atoms with Crippen LogP contribution >= 0.6 is 0 Å². The van der Waals surface area contributed by atoms with Gasteiger partial charge in [-0.2, -0.15) is 0 Å². The molecule has 2 aliphatic carbocycles. The first-order valence-corrected chi connectivity index (χ1v) is 7.56. The fourth-order valence-corrected chi connectivity index (χ4v) is 4.00. The maximum absolute atomic E-state index is 12.1. The van der Waals surface area contributed by atoms with Crippen LogP contribution in [0.1, 0.15) is 44.1 Å². The van der Waals surface area contributed by atoms with Gasteiger partial charge in [0.05, 0.1) is 6.04 Å². The Kier molecular flexibility index (Phi) is 2.59. The van der Waals surface area contributed by atoms with Gasteiger partial charge in [0.25, 0.3) is 0 Å². The number of allylic oxidation sites excluding steroid dienone is 2. The molecule has 0 aromatic heterocycles. The van der Waals surface area contributed by atoms with Crippen LogP contribution in [0.2, 0.25) is 0 Å². The standard InChI is InChI=1S/C18H19NO/c1-12(20)19-17-9-5-4-8-15(17)16-10-13-6-2-3-7-14(13)11-18(16)19/h4-5,8-11,16,18H,2-3,6-7H2,1H3/t16-,18?/m0/s1. The molecule has 1 aromatic rings. The Labute approximate surface area is 119 Å². The van der Waals surface area contributed by atoms with Gasteiger partial charge in [0.2, 0.25) is 5.91 Å². The molecule has 1 fully saturated rings. The number of hydrogen-bond acceptors (Lipinski definition) is 1. The molecule has 4 rings (SSSR count). The van der Waals surface area contributed by atoms with Crippen molar-refractivity contribution in [2.45, 2.75) is 44.6 Å². The molecule has 0 N–H and O–H groups in total. The van der Waals surface area contributed by atoms with E-state index in [1.165, 1.54) is 42.4 Å². The van der Waals surface area contributed by atoms with Crippen LogP contribution in [0.5, 0.6) is 0 Å². The maximum atomic E-state index is 12.1. The van der Waals surface area contributed by atoms with Crippen molar-refractivity contribution in [1.29, 1.82) is 0 Å². The molecule has 1 unspecified atom stereocenters. The van der Waals surface area contributed by atoms with E-state index >= 15 is 0 Å². The minimum atomic E-state index is 0.148. The summed E-state index contributed by atoms with van der Waals surface area (Å²) >= 11 is 0. The van der Waals surface area contributed by atoms with Crippen LogP contribution in [0.4, 0.5) is 5.69 Å². The van der Waals surface area contributed by atoms with Crippen molar-refractivity contribution in [1.82, 2.24) is 0 Å². The summed E-state index contributed by atoms with van der Waals surface area (Å²) in [6.45, 7) is 1.68.